The van der Waals surface area contributed by atoms with Crippen molar-refractivity contribution < 1.29 is 14.6 Å². The first-order chi connectivity index (χ1) is 9.52. The maximum atomic E-state index is 10.3. The molecular formula is C15H20N2O3. The van der Waals surface area contributed by atoms with Crippen molar-refractivity contribution in [1.82, 2.24) is 4.90 Å². The molecule has 2 heterocycles. The van der Waals surface area contributed by atoms with E-state index in [1.807, 2.05) is 42.2 Å². The molecule has 0 amide bonds. The van der Waals surface area contributed by atoms with Crippen LogP contribution >= 0.6 is 0 Å². The van der Waals surface area contributed by atoms with Gasteiger partial charge in [0, 0.05) is 26.4 Å². The van der Waals surface area contributed by atoms with E-state index in [0.717, 1.165) is 5.56 Å². The highest BCUT2D eigenvalue weighted by Gasteiger charge is 2.56. The Morgan fingerprint density at radius 2 is 1.95 bits per heavy atom. The van der Waals surface area contributed by atoms with Crippen LogP contribution in [0.1, 0.15) is 18.9 Å². The number of nitrogens with zero attached hydrogens (tertiary/aromatic N) is 1. The molecule has 20 heavy (non-hydrogen) atoms. The minimum absolute atomic E-state index is 0.415. The number of hydrogen-bond acceptors (Lipinski definition) is 5. The number of rotatable bonds is 3. The molecule has 2 aliphatic rings. The van der Waals surface area contributed by atoms with Crippen molar-refractivity contribution in [1.29, 1.82) is 0 Å². The van der Waals surface area contributed by atoms with Crippen molar-refractivity contribution >= 4 is 0 Å². The molecule has 0 spiro atoms. The van der Waals surface area contributed by atoms with Gasteiger partial charge < -0.3 is 20.3 Å². The minimum atomic E-state index is -0.917. The molecule has 2 aliphatic heterocycles. The quantitative estimate of drug-likeness (QED) is 0.866. The SMILES string of the molecule is CC1(C2(N)C[C@@H](O)N(Cc3ccccc3)C2)OC=CO1. The molecule has 0 bridgehead atoms. The minimum Gasteiger partial charge on any atom is -0.455 e. The van der Waals surface area contributed by atoms with Crippen LogP contribution in [0.4, 0.5) is 0 Å². The highest BCUT2D eigenvalue weighted by atomic mass is 16.7. The van der Waals surface area contributed by atoms with Gasteiger partial charge in [-0.15, -0.1) is 0 Å². The summed E-state index contributed by atoms with van der Waals surface area (Å²) in [6, 6.07) is 10.0. The van der Waals surface area contributed by atoms with Gasteiger partial charge in [0.05, 0.1) is 0 Å². The number of aliphatic hydroxyl groups is 1. The van der Waals surface area contributed by atoms with Crippen molar-refractivity contribution in [2.45, 2.75) is 37.4 Å². The number of benzene rings is 1. The van der Waals surface area contributed by atoms with Gasteiger partial charge in [-0.05, 0) is 5.56 Å². The van der Waals surface area contributed by atoms with Crippen LogP contribution in [-0.4, -0.2) is 34.1 Å². The van der Waals surface area contributed by atoms with E-state index in [4.69, 9.17) is 15.2 Å². The van der Waals surface area contributed by atoms with Gasteiger partial charge >= 0.3 is 0 Å². The van der Waals surface area contributed by atoms with Crippen LogP contribution in [0.2, 0.25) is 0 Å². The van der Waals surface area contributed by atoms with E-state index in [2.05, 4.69) is 0 Å². The lowest BCUT2D eigenvalue weighted by atomic mass is 9.89. The Morgan fingerprint density at radius 3 is 2.60 bits per heavy atom. The van der Waals surface area contributed by atoms with Crippen LogP contribution in [0.5, 0.6) is 0 Å². The van der Waals surface area contributed by atoms with Gasteiger partial charge in [-0.1, -0.05) is 30.3 Å². The lowest BCUT2D eigenvalue weighted by molar-refractivity contribution is -0.174. The number of nitrogens with two attached hydrogens (primary N) is 1. The third-order valence-corrected chi connectivity index (χ3v) is 4.23. The maximum absolute atomic E-state index is 10.3. The molecule has 3 N–H and O–H groups in total. The molecular weight excluding hydrogens is 256 g/mol. The van der Waals surface area contributed by atoms with E-state index in [0.29, 0.717) is 19.5 Å². The smallest absolute Gasteiger partial charge is 0.266 e. The predicted molar refractivity (Wildman–Crippen MR) is 74.1 cm³/mol. The van der Waals surface area contributed by atoms with Gasteiger partial charge in [-0.2, -0.15) is 0 Å². The van der Waals surface area contributed by atoms with Crippen molar-refractivity contribution in [3.05, 3.63) is 48.4 Å². The van der Waals surface area contributed by atoms with Gasteiger partial charge in [-0.25, -0.2) is 0 Å². The molecule has 1 unspecified atom stereocenters. The largest absolute Gasteiger partial charge is 0.455 e. The zero-order valence-electron chi connectivity index (χ0n) is 11.5. The zero-order chi connectivity index (χ0) is 14.2. The van der Waals surface area contributed by atoms with E-state index < -0.39 is 17.6 Å². The Kier molecular flexibility index (Phi) is 3.20. The van der Waals surface area contributed by atoms with E-state index in [1.165, 1.54) is 12.5 Å². The number of hydrogen-bond donors (Lipinski definition) is 2. The summed E-state index contributed by atoms with van der Waals surface area (Å²) in [5, 5.41) is 10.3. The summed E-state index contributed by atoms with van der Waals surface area (Å²) in [4.78, 5) is 1.95. The van der Waals surface area contributed by atoms with Crippen molar-refractivity contribution in [2.24, 2.45) is 5.73 Å². The average Bonchev–Trinajstić information content (AvgIpc) is 2.98. The first-order valence-electron chi connectivity index (χ1n) is 6.78. The van der Waals surface area contributed by atoms with Gasteiger partial charge in [0.25, 0.3) is 5.79 Å². The van der Waals surface area contributed by atoms with Crippen molar-refractivity contribution in [2.75, 3.05) is 6.54 Å². The molecule has 0 saturated carbocycles. The second-order valence-corrected chi connectivity index (χ2v) is 5.69. The normalized spacial score (nSPS) is 32.0. The van der Waals surface area contributed by atoms with E-state index in [-0.39, 0.29) is 0 Å². The summed E-state index contributed by atoms with van der Waals surface area (Å²) >= 11 is 0. The van der Waals surface area contributed by atoms with Gasteiger partial charge in [0.2, 0.25) is 0 Å². The van der Waals surface area contributed by atoms with Crippen LogP contribution in [0.3, 0.4) is 0 Å². The molecule has 1 saturated heterocycles. The maximum Gasteiger partial charge on any atom is 0.266 e. The first kappa shape index (κ1) is 13.4. The molecule has 5 nitrogen and oxygen atoms in total. The molecule has 0 aliphatic carbocycles. The highest BCUT2D eigenvalue weighted by Crippen LogP contribution is 2.39. The van der Waals surface area contributed by atoms with Crippen LogP contribution in [0, 0.1) is 0 Å². The summed E-state index contributed by atoms with van der Waals surface area (Å²) in [6.45, 7) is 2.98. The van der Waals surface area contributed by atoms with Gasteiger partial charge in [-0.3, -0.25) is 4.90 Å². The van der Waals surface area contributed by atoms with E-state index in [1.54, 1.807) is 0 Å². The third kappa shape index (κ3) is 2.18. The summed E-state index contributed by atoms with van der Waals surface area (Å²) in [5.41, 5.74) is 6.84. The summed E-state index contributed by atoms with van der Waals surface area (Å²) in [7, 11) is 0. The van der Waals surface area contributed by atoms with Crippen LogP contribution in [0.15, 0.2) is 42.9 Å². The Morgan fingerprint density at radius 1 is 1.30 bits per heavy atom. The molecule has 1 aromatic carbocycles. The summed E-state index contributed by atoms with van der Waals surface area (Å²) in [5.74, 6) is -0.917. The first-order valence-corrected chi connectivity index (χ1v) is 6.78. The fraction of sp³-hybridized carbons (Fsp3) is 0.467. The summed E-state index contributed by atoms with van der Waals surface area (Å²) in [6.07, 6.45) is 2.82. The molecule has 108 valence electrons. The highest BCUT2D eigenvalue weighted by molar-refractivity contribution is 5.16. The van der Waals surface area contributed by atoms with Crippen LogP contribution < -0.4 is 5.73 Å². The van der Waals surface area contributed by atoms with E-state index in [9.17, 15) is 5.11 Å². The standard InChI is InChI=1S/C15H20N2O3/c1-14(19-7-8-20-14)15(16)9-13(18)17(11-15)10-12-5-3-2-4-6-12/h2-8,13,18H,9-11,16H2,1H3/t13-,15?/m1/s1. The second-order valence-electron chi connectivity index (χ2n) is 5.69. The van der Waals surface area contributed by atoms with Crippen molar-refractivity contribution in [3.8, 4) is 0 Å². The molecule has 5 heteroatoms. The fourth-order valence-corrected chi connectivity index (χ4v) is 2.87. The Balaban J connectivity index is 1.73. The Hall–Kier alpha value is -1.56. The zero-order valence-corrected chi connectivity index (χ0v) is 11.5. The molecule has 2 atom stereocenters. The van der Waals surface area contributed by atoms with Gasteiger partial charge in [0.1, 0.15) is 24.3 Å². The third-order valence-electron chi connectivity index (χ3n) is 4.23. The average molecular weight is 276 g/mol. The van der Waals surface area contributed by atoms with E-state index >= 15 is 0 Å². The van der Waals surface area contributed by atoms with Crippen LogP contribution in [-0.2, 0) is 16.0 Å². The number of likely N-dealkylation sites (tertiary alicyclic amines) is 1. The second kappa shape index (κ2) is 4.77. The van der Waals surface area contributed by atoms with Gasteiger partial charge in [0.15, 0.2) is 0 Å². The fourth-order valence-electron chi connectivity index (χ4n) is 2.87. The van der Waals surface area contributed by atoms with Crippen LogP contribution in [0.25, 0.3) is 0 Å². The number of ether oxygens (including phenoxy) is 2. The summed E-state index contributed by atoms with van der Waals surface area (Å²) < 4.78 is 11.0. The monoisotopic (exact) mass is 276 g/mol. The molecule has 0 radical (unpaired) electrons. The lowest BCUT2D eigenvalue weighted by Gasteiger charge is -2.38. The number of aliphatic hydroxyl groups excluding tert-OH is 1. The molecule has 1 aromatic rings. The van der Waals surface area contributed by atoms with Crippen molar-refractivity contribution in [3.63, 3.8) is 0 Å². The molecule has 0 aromatic heterocycles. The Labute approximate surface area is 118 Å². The predicted octanol–water partition coefficient (Wildman–Crippen LogP) is 1.14. The lowest BCUT2D eigenvalue weighted by Crippen LogP contribution is -2.61. The molecule has 3 rings (SSSR count). The Bertz CT molecular complexity index is 497. The topological polar surface area (TPSA) is 68.0 Å². The molecule has 1 fully saturated rings.